The van der Waals surface area contributed by atoms with E-state index < -0.39 is 0 Å². The second kappa shape index (κ2) is 13.4. The molecule has 0 spiro atoms. The minimum Gasteiger partial charge on any atom is -0.309 e. The molecule has 2 nitrogen and oxygen atoms in total. The van der Waals surface area contributed by atoms with Gasteiger partial charge in [-0.15, -0.1) is 0 Å². The van der Waals surface area contributed by atoms with Crippen molar-refractivity contribution < 1.29 is 0 Å². The summed E-state index contributed by atoms with van der Waals surface area (Å²) >= 11 is 7.63. The molecule has 5 aromatic carbocycles. The zero-order valence-corrected chi connectivity index (χ0v) is 32.5. The predicted molar refractivity (Wildman–Crippen MR) is 216 cm³/mol. The lowest BCUT2D eigenvalue weighted by Gasteiger charge is -2.32. The van der Waals surface area contributed by atoms with Crippen LogP contribution in [0.5, 0.6) is 0 Å². The second-order valence-electron chi connectivity index (χ2n) is 17.5. The second-order valence-corrected chi connectivity index (χ2v) is 17.8. The van der Waals surface area contributed by atoms with Gasteiger partial charge in [-0.2, -0.15) is 0 Å². The van der Waals surface area contributed by atoms with Crippen LogP contribution in [0.3, 0.4) is 0 Å². The molecule has 0 N–H and O–H groups in total. The van der Waals surface area contributed by atoms with Gasteiger partial charge in [-0.3, -0.25) is 0 Å². The summed E-state index contributed by atoms with van der Waals surface area (Å²) in [7, 11) is 0. The van der Waals surface area contributed by atoms with Crippen molar-refractivity contribution >= 4 is 45.7 Å². The van der Waals surface area contributed by atoms with Gasteiger partial charge in [-0.25, -0.2) is 0 Å². The van der Waals surface area contributed by atoms with E-state index in [1.54, 1.807) is 0 Å². The van der Waals surface area contributed by atoms with Crippen LogP contribution in [0.1, 0.15) is 105 Å². The molecule has 0 atom stereocenters. The third-order valence-electron chi connectivity index (χ3n) is 9.41. The number of nitrogens with zero attached hydrogens (tertiary/aromatic N) is 2. The molecule has 0 amide bonds. The van der Waals surface area contributed by atoms with Crippen LogP contribution in [0, 0.1) is 0 Å². The van der Waals surface area contributed by atoms with Crippen LogP contribution in [0.25, 0.3) is 0 Å². The van der Waals surface area contributed by atoms with E-state index in [9.17, 15) is 0 Å². The fourth-order valence-electron chi connectivity index (χ4n) is 6.15. The molecule has 5 aromatic rings. The highest BCUT2D eigenvalue weighted by Gasteiger charge is 2.25. The number of rotatable bonds is 6. The van der Waals surface area contributed by atoms with Crippen LogP contribution in [0.15, 0.2) is 115 Å². The van der Waals surface area contributed by atoms with Crippen LogP contribution in [-0.2, 0) is 21.7 Å². The van der Waals surface area contributed by atoms with Crippen molar-refractivity contribution in [2.24, 2.45) is 0 Å². The summed E-state index contributed by atoms with van der Waals surface area (Å²) in [6.07, 6.45) is 0. The van der Waals surface area contributed by atoms with E-state index >= 15 is 0 Å². The standard InChI is InChI=1S/C46H55ClN2/c1-43(2,3)32-16-24-36(25-17-32)48(37-26-18-33(19-27-37)44(4,5)6)40-14-13-15-41(42(40)47)49(38-28-20-34(21-29-38)45(7,8)9)39-30-22-35(23-31-39)46(10,11)12/h13-31H,1-12H3. The summed E-state index contributed by atoms with van der Waals surface area (Å²) in [5.74, 6) is 0. The zero-order valence-electron chi connectivity index (χ0n) is 31.7. The van der Waals surface area contributed by atoms with Crippen molar-refractivity contribution in [1.82, 2.24) is 0 Å². The van der Waals surface area contributed by atoms with Crippen molar-refractivity contribution in [3.05, 3.63) is 143 Å². The fraction of sp³-hybridized carbons (Fsp3) is 0.348. The Balaban J connectivity index is 1.71. The minimum absolute atomic E-state index is 0.0564. The van der Waals surface area contributed by atoms with Crippen molar-refractivity contribution in [2.75, 3.05) is 9.80 Å². The van der Waals surface area contributed by atoms with E-state index in [-0.39, 0.29) is 21.7 Å². The van der Waals surface area contributed by atoms with E-state index in [2.05, 4.69) is 208 Å². The number of anilines is 6. The van der Waals surface area contributed by atoms with E-state index in [1.165, 1.54) is 22.3 Å². The Bertz CT molecular complexity index is 1600. The van der Waals surface area contributed by atoms with Gasteiger partial charge in [0.05, 0.1) is 16.4 Å². The minimum atomic E-state index is 0.0564. The molecule has 0 aliphatic rings. The molecule has 256 valence electrons. The molecule has 0 bridgehead atoms. The van der Waals surface area contributed by atoms with Gasteiger partial charge in [0, 0.05) is 22.7 Å². The van der Waals surface area contributed by atoms with Crippen LogP contribution < -0.4 is 9.80 Å². The van der Waals surface area contributed by atoms with Gasteiger partial charge in [-0.1, -0.05) is 149 Å². The molecule has 0 heterocycles. The van der Waals surface area contributed by atoms with E-state index in [1.807, 2.05) is 0 Å². The maximum absolute atomic E-state index is 7.63. The normalized spacial score (nSPS) is 12.6. The van der Waals surface area contributed by atoms with E-state index in [0.29, 0.717) is 5.02 Å². The number of hydrogen-bond donors (Lipinski definition) is 0. The predicted octanol–water partition coefficient (Wildman–Crippen LogP) is 14.5. The van der Waals surface area contributed by atoms with Crippen molar-refractivity contribution in [2.45, 2.75) is 105 Å². The number of halogens is 1. The molecular weight excluding hydrogens is 616 g/mol. The first kappa shape index (κ1) is 36.3. The SMILES string of the molecule is CC(C)(C)c1ccc(N(c2ccc(C(C)(C)C)cc2)c2cccc(N(c3ccc(C(C)(C)C)cc3)c3ccc(C(C)(C)C)cc3)c2Cl)cc1. The molecule has 0 fully saturated rings. The third kappa shape index (κ3) is 8.08. The topological polar surface area (TPSA) is 6.48 Å². The Morgan fingerprint density at radius 1 is 0.327 bits per heavy atom. The molecule has 49 heavy (non-hydrogen) atoms. The molecule has 0 saturated heterocycles. The molecule has 0 radical (unpaired) electrons. The lowest BCUT2D eigenvalue weighted by atomic mass is 9.86. The number of benzene rings is 5. The summed E-state index contributed by atoms with van der Waals surface area (Å²) in [6.45, 7) is 27.0. The summed E-state index contributed by atoms with van der Waals surface area (Å²) < 4.78 is 0. The summed E-state index contributed by atoms with van der Waals surface area (Å²) in [5.41, 5.74) is 11.5. The van der Waals surface area contributed by atoms with Crippen LogP contribution in [-0.4, -0.2) is 0 Å². The lowest BCUT2D eigenvalue weighted by molar-refractivity contribution is 0.590. The molecular formula is C46H55ClN2. The molecule has 0 aliphatic carbocycles. The van der Waals surface area contributed by atoms with Crippen LogP contribution in [0.4, 0.5) is 34.1 Å². The molecule has 0 unspecified atom stereocenters. The van der Waals surface area contributed by atoms with Gasteiger partial charge < -0.3 is 9.80 Å². The first-order chi connectivity index (χ1) is 22.7. The van der Waals surface area contributed by atoms with Gasteiger partial charge in [0.1, 0.15) is 0 Å². The van der Waals surface area contributed by atoms with E-state index in [4.69, 9.17) is 11.6 Å². The van der Waals surface area contributed by atoms with Crippen molar-refractivity contribution in [3.8, 4) is 0 Å². The van der Waals surface area contributed by atoms with Crippen molar-refractivity contribution in [1.29, 1.82) is 0 Å². The lowest BCUT2D eigenvalue weighted by Crippen LogP contribution is -2.16. The first-order valence-corrected chi connectivity index (χ1v) is 17.9. The Kier molecular flexibility index (Phi) is 9.90. The maximum Gasteiger partial charge on any atom is 0.0887 e. The highest BCUT2D eigenvalue weighted by Crippen LogP contribution is 2.47. The smallest absolute Gasteiger partial charge is 0.0887 e. The Hall–Kier alpha value is -4.01. The maximum atomic E-state index is 7.63. The van der Waals surface area contributed by atoms with Gasteiger partial charge >= 0.3 is 0 Å². The van der Waals surface area contributed by atoms with E-state index in [0.717, 1.165) is 34.1 Å². The monoisotopic (exact) mass is 670 g/mol. The molecule has 0 aliphatic heterocycles. The zero-order chi connectivity index (χ0) is 35.9. The summed E-state index contributed by atoms with van der Waals surface area (Å²) in [4.78, 5) is 4.57. The Morgan fingerprint density at radius 3 is 0.714 bits per heavy atom. The first-order valence-electron chi connectivity index (χ1n) is 17.6. The largest absolute Gasteiger partial charge is 0.309 e. The molecule has 3 heteroatoms. The molecule has 0 saturated carbocycles. The van der Waals surface area contributed by atoms with Gasteiger partial charge in [0.15, 0.2) is 0 Å². The average Bonchev–Trinajstić information content (AvgIpc) is 3.02. The van der Waals surface area contributed by atoms with Crippen molar-refractivity contribution in [3.63, 3.8) is 0 Å². The highest BCUT2D eigenvalue weighted by molar-refractivity contribution is 6.36. The molecule has 0 aromatic heterocycles. The van der Waals surface area contributed by atoms with Gasteiger partial charge in [0.25, 0.3) is 0 Å². The Labute approximate surface area is 301 Å². The number of hydrogen-bond acceptors (Lipinski definition) is 2. The summed E-state index contributed by atoms with van der Waals surface area (Å²) in [5, 5.41) is 0.682. The quantitative estimate of drug-likeness (QED) is 0.177. The van der Waals surface area contributed by atoms with Crippen LogP contribution >= 0.6 is 11.6 Å². The highest BCUT2D eigenvalue weighted by atomic mass is 35.5. The Morgan fingerprint density at radius 2 is 0.531 bits per heavy atom. The fourth-order valence-corrected chi connectivity index (χ4v) is 6.44. The molecule has 5 rings (SSSR count). The van der Waals surface area contributed by atoms with Gasteiger partial charge in [-0.05, 0) is 105 Å². The van der Waals surface area contributed by atoms with Gasteiger partial charge in [0.2, 0.25) is 0 Å². The third-order valence-corrected chi connectivity index (χ3v) is 9.79. The average molecular weight is 671 g/mol. The summed E-state index contributed by atoms with van der Waals surface area (Å²) in [6, 6.07) is 42.0. The van der Waals surface area contributed by atoms with Crippen LogP contribution in [0.2, 0.25) is 5.02 Å².